The molecule has 0 aliphatic carbocycles. The highest BCUT2D eigenvalue weighted by Gasteiger charge is 2.29. The lowest BCUT2D eigenvalue weighted by Crippen LogP contribution is -2.33. The van der Waals surface area contributed by atoms with E-state index in [1.54, 1.807) is 6.92 Å². The Morgan fingerprint density at radius 3 is 2.33 bits per heavy atom. The number of nitrogens with one attached hydrogen (secondary N) is 1. The molecule has 0 aliphatic rings. The van der Waals surface area contributed by atoms with E-state index in [0.717, 1.165) is 12.8 Å². The average molecular weight is 226 g/mol. The Balaban J connectivity index is 3.58. The molecular weight excluding hydrogens is 205 g/mol. The Labute approximate surface area is 89.4 Å². The molecule has 0 saturated heterocycles. The third-order valence-corrected chi connectivity index (χ3v) is 2.49. The molecule has 0 aromatic heterocycles. The van der Waals surface area contributed by atoms with E-state index in [4.69, 9.17) is 5.73 Å². The number of alkyl halides is 3. The van der Waals surface area contributed by atoms with Gasteiger partial charge in [-0.1, -0.05) is 13.3 Å². The third kappa shape index (κ3) is 8.69. The standard InChI is InChI=1S/C10H21F3N2/c1-3-9(7-14)4-5-15-8(2)6-10(11,12)13/h8-9,15H,3-7,14H2,1-2H3. The van der Waals surface area contributed by atoms with Crippen LogP contribution in [0.25, 0.3) is 0 Å². The summed E-state index contributed by atoms with van der Waals surface area (Å²) in [6, 6.07) is -0.514. The largest absolute Gasteiger partial charge is 0.390 e. The van der Waals surface area contributed by atoms with Gasteiger partial charge in [-0.25, -0.2) is 0 Å². The molecule has 0 rings (SSSR count). The minimum Gasteiger partial charge on any atom is -0.330 e. The van der Waals surface area contributed by atoms with Crippen LogP contribution >= 0.6 is 0 Å². The highest BCUT2D eigenvalue weighted by molar-refractivity contribution is 4.67. The summed E-state index contributed by atoms with van der Waals surface area (Å²) in [5, 5.41) is 2.86. The van der Waals surface area contributed by atoms with Crippen molar-refractivity contribution in [1.82, 2.24) is 5.32 Å². The molecule has 15 heavy (non-hydrogen) atoms. The van der Waals surface area contributed by atoms with E-state index in [0.29, 0.717) is 19.0 Å². The summed E-state index contributed by atoms with van der Waals surface area (Å²) in [7, 11) is 0. The van der Waals surface area contributed by atoms with Gasteiger partial charge in [0, 0.05) is 6.04 Å². The molecule has 0 aromatic rings. The maximum Gasteiger partial charge on any atom is 0.390 e. The molecular formula is C10H21F3N2. The van der Waals surface area contributed by atoms with Gasteiger partial charge in [0.25, 0.3) is 0 Å². The number of hydrogen-bond donors (Lipinski definition) is 2. The lowest BCUT2D eigenvalue weighted by Gasteiger charge is -2.18. The number of nitrogens with two attached hydrogens (primary N) is 1. The predicted octanol–water partition coefficient (Wildman–Crippen LogP) is 2.29. The van der Waals surface area contributed by atoms with Crippen LogP contribution in [0, 0.1) is 5.92 Å². The quantitative estimate of drug-likeness (QED) is 0.699. The maximum absolute atomic E-state index is 12.0. The molecule has 0 heterocycles. The van der Waals surface area contributed by atoms with Gasteiger partial charge in [-0.05, 0) is 32.4 Å². The molecule has 0 aromatic carbocycles. The molecule has 3 N–H and O–H groups in total. The Hall–Kier alpha value is -0.290. The Bertz CT molecular complexity index is 155. The zero-order valence-corrected chi connectivity index (χ0v) is 9.40. The first kappa shape index (κ1) is 14.7. The molecule has 92 valence electrons. The molecule has 0 radical (unpaired) electrons. The van der Waals surface area contributed by atoms with Gasteiger partial charge < -0.3 is 11.1 Å². The summed E-state index contributed by atoms with van der Waals surface area (Å²) in [5.74, 6) is 0.413. The summed E-state index contributed by atoms with van der Waals surface area (Å²) in [5.41, 5.74) is 5.49. The van der Waals surface area contributed by atoms with Gasteiger partial charge in [-0.15, -0.1) is 0 Å². The van der Waals surface area contributed by atoms with E-state index in [2.05, 4.69) is 5.32 Å². The molecule has 0 saturated carbocycles. The highest BCUT2D eigenvalue weighted by atomic mass is 19.4. The minimum absolute atomic E-state index is 0.413. The molecule has 0 amide bonds. The van der Waals surface area contributed by atoms with E-state index in [9.17, 15) is 13.2 Å². The van der Waals surface area contributed by atoms with Gasteiger partial charge in [0.15, 0.2) is 0 Å². The second kappa shape index (κ2) is 7.06. The molecule has 0 spiro atoms. The first-order valence-electron chi connectivity index (χ1n) is 5.39. The molecule has 0 aliphatic heterocycles. The summed E-state index contributed by atoms with van der Waals surface area (Å²) in [6.45, 7) is 4.80. The highest BCUT2D eigenvalue weighted by Crippen LogP contribution is 2.21. The molecule has 5 heteroatoms. The zero-order chi connectivity index (χ0) is 11.9. The maximum atomic E-state index is 12.0. The smallest absolute Gasteiger partial charge is 0.330 e. The second-order valence-electron chi connectivity index (χ2n) is 3.97. The van der Waals surface area contributed by atoms with Crippen molar-refractivity contribution in [2.45, 2.75) is 45.3 Å². The average Bonchev–Trinajstić information content (AvgIpc) is 2.09. The fourth-order valence-electron chi connectivity index (χ4n) is 1.44. The van der Waals surface area contributed by atoms with Crippen LogP contribution in [0.1, 0.15) is 33.1 Å². The second-order valence-corrected chi connectivity index (χ2v) is 3.97. The van der Waals surface area contributed by atoms with Gasteiger partial charge >= 0.3 is 6.18 Å². The monoisotopic (exact) mass is 226 g/mol. The number of hydrogen-bond acceptors (Lipinski definition) is 2. The van der Waals surface area contributed by atoms with Crippen LogP contribution in [0.2, 0.25) is 0 Å². The van der Waals surface area contributed by atoms with Crippen molar-refractivity contribution in [3.05, 3.63) is 0 Å². The van der Waals surface area contributed by atoms with Crippen molar-refractivity contribution in [2.75, 3.05) is 13.1 Å². The van der Waals surface area contributed by atoms with Crippen molar-refractivity contribution >= 4 is 0 Å². The molecule has 2 unspecified atom stereocenters. The van der Waals surface area contributed by atoms with Crippen LogP contribution < -0.4 is 11.1 Å². The van der Waals surface area contributed by atoms with Crippen LogP contribution in [-0.4, -0.2) is 25.3 Å². The van der Waals surface area contributed by atoms with Crippen LogP contribution in [0.5, 0.6) is 0 Å². The molecule has 2 nitrogen and oxygen atoms in total. The molecule has 0 bridgehead atoms. The van der Waals surface area contributed by atoms with Gasteiger partial charge in [0.2, 0.25) is 0 Å². The molecule has 0 fully saturated rings. The third-order valence-electron chi connectivity index (χ3n) is 2.49. The predicted molar refractivity (Wildman–Crippen MR) is 55.6 cm³/mol. The van der Waals surface area contributed by atoms with Gasteiger partial charge in [0.1, 0.15) is 0 Å². The van der Waals surface area contributed by atoms with Crippen molar-refractivity contribution in [1.29, 1.82) is 0 Å². The van der Waals surface area contributed by atoms with E-state index < -0.39 is 18.6 Å². The van der Waals surface area contributed by atoms with Crippen LogP contribution in [0.4, 0.5) is 13.2 Å². The summed E-state index contributed by atoms with van der Waals surface area (Å²) < 4.78 is 35.9. The van der Waals surface area contributed by atoms with E-state index in [-0.39, 0.29) is 0 Å². The van der Waals surface area contributed by atoms with E-state index in [1.165, 1.54) is 0 Å². The van der Waals surface area contributed by atoms with Crippen molar-refractivity contribution in [3.63, 3.8) is 0 Å². The fraction of sp³-hybridized carbons (Fsp3) is 1.00. The van der Waals surface area contributed by atoms with Crippen molar-refractivity contribution in [2.24, 2.45) is 11.7 Å². The Kier molecular flexibility index (Phi) is 6.92. The minimum atomic E-state index is -4.08. The van der Waals surface area contributed by atoms with E-state index in [1.807, 2.05) is 6.92 Å². The van der Waals surface area contributed by atoms with Gasteiger partial charge in [-0.2, -0.15) is 13.2 Å². The summed E-state index contributed by atoms with van der Waals surface area (Å²) in [4.78, 5) is 0. The Morgan fingerprint density at radius 1 is 1.33 bits per heavy atom. The van der Waals surface area contributed by atoms with Crippen LogP contribution in [0.15, 0.2) is 0 Å². The lowest BCUT2D eigenvalue weighted by atomic mass is 10.0. The van der Waals surface area contributed by atoms with Crippen molar-refractivity contribution in [3.8, 4) is 0 Å². The van der Waals surface area contributed by atoms with Crippen molar-refractivity contribution < 1.29 is 13.2 Å². The first-order chi connectivity index (χ1) is 6.89. The van der Waals surface area contributed by atoms with Crippen LogP contribution in [-0.2, 0) is 0 Å². The van der Waals surface area contributed by atoms with Gasteiger partial charge in [0.05, 0.1) is 6.42 Å². The summed E-state index contributed by atoms with van der Waals surface area (Å²) in [6.07, 6.45) is -3.03. The fourth-order valence-corrected chi connectivity index (χ4v) is 1.44. The zero-order valence-electron chi connectivity index (χ0n) is 9.40. The first-order valence-corrected chi connectivity index (χ1v) is 5.39. The Morgan fingerprint density at radius 2 is 1.93 bits per heavy atom. The number of rotatable bonds is 7. The lowest BCUT2D eigenvalue weighted by molar-refractivity contribution is -0.139. The topological polar surface area (TPSA) is 38.0 Å². The van der Waals surface area contributed by atoms with Crippen LogP contribution in [0.3, 0.4) is 0 Å². The van der Waals surface area contributed by atoms with Gasteiger partial charge in [-0.3, -0.25) is 0 Å². The van der Waals surface area contributed by atoms with E-state index >= 15 is 0 Å². The SMILES string of the molecule is CCC(CN)CCNC(C)CC(F)(F)F. The molecule has 2 atom stereocenters. The normalized spacial score (nSPS) is 16.4. The summed E-state index contributed by atoms with van der Waals surface area (Å²) >= 11 is 0. The number of halogens is 3.